The van der Waals surface area contributed by atoms with Gasteiger partial charge in [-0.1, -0.05) is 6.07 Å². The summed E-state index contributed by atoms with van der Waals surface area (Å²) in [5.41, 5.74) is 2.72. The van der Waals surface area contributed by atoms with Gasteiger partial charge in [0, 0.05) is 38.6 Å². The van der Waals surface area contributed by atoms with Crippen molar-refractivity contribution in [3.8, 4) is 10.6 Å². The van der Waals surface area contributed by atoms with Crippen molar-refractivity contribution in [2.24, 2.45) is 0 Å². The summed E-state index contributed by atoms with van der Waals surface area (Å²) in [5, 5.41) is 6.45. The lowest BCUT2D eigenvalue weighted by Crippen LogP contribution is -2.27. The molecule has 1 aromatic carbocycles. The summed E-state index contributed by atoms with van der Waals surface area (Å²) in [6, 6.07) is 5.01. The van der Waals surface area contributed by atoms with Crippen molar-refractivity contribution in [1.82, 2.24) is 20.2 Å². The molecule has 4 heterocycles. The molecule has 3 aromatic rings. The normalized spacial score (nSPS) is 18.9. The number of anilines is 2. The predicted molar refractivity (Wildman–Crippen MR) is 132 cm³/mol. The Morgan fingerprint density at radius 1 is 1.22 bits per heavy atom. The van der Waals surface area contributed by atoms with E-state index in [9.17, 15) is 26.4 Å². The van der Waals surface area contributed by atoms with Gasteiger partial charge in [-0.15, -0.1) is 11.3 Å². The fourth-order valence-corrected chi connectivity index (χ4v) is 7.86. The van der Waals surface area contributed by atoms with Crippen LogP contribution < -0.4 is 10.6 Å². The number of carbonyl (C=O) groups excluding carboxylic acids is 1. The number of aromatic nitrogens is 2. The summed E-state index contributed by atoms with van der Waals surface area (Å²) in [7, 11) is -2.39. The first-order chi connectivity index (χ1) is 17.5. The first-order valence-corrected chi connectivity index (χ1v) is 14.2. The van der Waals surface area contributed by atoms with E-state index in [0.717, 1.165) is 43.2 Å². The first-order valence-electron chi connectivity index (χ1n) is 11.7. The van der Waals surface area contributed by atoms with Crippen LogP contribution in [0.4, 0.5) is 24.8 Å². The molecule has 6 rings (SSSR count). The topological polar surface area (TPSA) is 104 Å². The second kappa shape index (κ2) is 8.50. The largest absolute Gasteiger partial charge is 0.420 e. The van der Waals surface area contributed by atoms with E-state index in [0.29, 0.717) is 23.5 Å². The third kappa shape index (κ3) is 4.28. The van der Waals surface area contributed by atoms with Crippen LogP contribution >= 0.6 is 11.3 Å². The molecule has 1 fully saturated rings. The number of alkyl halides is 3. The minimum atomic E-state index is -4.78. The van der Waals surface area contributed by atoms with Crippen LogP contribution in [0.1, 0.15) is 50.7 Å². The van der Waals surface area contributed by atoms with Gasteiger partial charge in [0.2, 0.25) is 5.95 Å². The molecule has 8 nitrogen and oxygen atoms in total. The fourth-order valence-electron chi connectivity index (χ4n) is 4.82. The number of nitrogens with one attached hydrogen (secondary N) is 2. The van der Waals surface area contributed by atoms with Crippen LogP contribution in [0.15, 0.2) is 29.3 Å². The Morgan fingerprint density at radius 2 is 2.00 bits per heavy atom. The molecule has 0 radical (unpaired) electrons. The molecular weight excluding hydrogens is 527 g/mol. The van der Waals surface area contributed by atoms with Crippen molar-refractivity contribution < 1.29 is 26.4 Å². The number of sulfone groups is 1. The first kappa shape index (κ1) is 24.3. The van der Waals surface area contributed by atoms with E-state index in [1.54, 1.807) is 0 Å². The minimum absolute atomic E-state index is 0.00685. The molecule has 0 saturated heterocycles. The Kier molecular flexibility index (Phi) is 5.58. The van der Waals surface area contributed by atoms with Crippen molar-refractivity contribution in [2.75, 3.05) is 24.7 Å². The second-order valence-electron chi connectivity index (χ2n) is 9.47. The van der Waals surface area contributed by atoms with Crippen LogP contribution in [0.25, 0.3) is 10.6 Å². The third-order valence-corrected chi connectivity index (χ3v) is 9.87. The molecule has 1 aliphatic carbocycles. The Labute approximate surface area is 214 Å². The van der Waals surface area contributed by atoms with E-state index in [1.807, 2.05) is 12.1 Å². The number of fused-ring (bicyclic) bond motifs is 2. The van der Waals surface area contributed by atoms with Crippen LogP contribution in [0.3, 0.4) is 0 Å². The fraction of sp³-hybridized carbons (Fsp3) is 0.375. The smallest absolute Gasteiger partial charge is 0.340 e. The minimum Gasteiger partial charge on any atom is -0.340 e. The summed E-state index contributed by atoms with van der Waals surface area (Å²) in [4.78, 5) is 21.7. The molecule has 2 aromatic heterocycles. The van der Waals surface area contributed by atoms with Gasteiger partial charge >= 0.3 is 6.18 Å². The molecule has 13 heteroatoms. The van der Waals surface area contributed by atoms with Crippen molar-refractivity contribution in [1.29, 1.82) is 0 Å². The van der Waals surface area contributed by atoms with Gasteiger partial charge < -0.3 is 15.5 Å². The molecule has 0 atom stereocenters. The van der Waals surface area contributed by atoms with Gasteiger partial charge in [-0.25, -0.2) is 18.4 Å². The standard InChI is InChI=1S/C24H22F3N5O3S2/c1-32-6-7-37(34,35)18-8-17(36-21(18)22(32)33)20-15(24(25,26)27)11-29-23(31-20)30-16-5-4-13-9-28-10-14(13)19(16)12-2-3-12/h4-5,8,11-12,28H,2-3,6-7,9-10H2,1H3,(H,29,30,31). The summed E-state index contributed by atoms with van der Waals surface area (Å²) >= 11 is 0.699. The molecule has 37 heavy (non-hydrogen) atoms. The van der Waals surface area contributed by atoms with E-state index in [2.05, 4.69) is 20.6 Å². The molecule has 2 N–H and O–H groups in total. The van der Waals surface area contributed by atoms with Gasteiger partial charge in [-0.05, 0) is 47.6 Å². The highest BCUT2D eigenvalue weighted by Crippen LogP contribution is 2.47. The number of thiophene rings is 1. The van der Waals surface area contributed by atoms with Crippen molar-refractivity contribution in [2.45, 2.75) is 42.9 Å². The molecule has 2 aliphatic heterocycles. The van der Waals surface area contributed by atoms with E-state index in [4.69, 9.17) is 0 Å². The quantitative estimate of drug-likeness (QED) is 0.500. The number of halogens is 3. The zero-order valence-electron chi connectivity index (χ0n) is 19.6. The van der Waals surface area contributed by atoms with E-state index < -0.39 is 33.2 Å². The Bertz CT molecular complexity index is 1550. The van der Waals surface area contributed by atoms with Crippen molar-refractivity contribution >= 4 is 38.7 Å². The van der Waals surface area contributed by atoms with E-state index >= 15 is 0 Å². The maximum Gasteiger partial charge on any atom is 0.420 e. The molecule has 3 aliphatic rings. The number of amides is 1. The highest BCUT2D eigenvalue weighted by molar-refractivity contribution is 7.91. The van der Waals surface area contributed by atoms with Gasteiger partial charge in [0.1, 0.15) is 10.4 Å². The molecular formula is C24H22F3N5O3S2. The summed E-state index contributed by atoms with van der Waals surface area (Å²) < 4.78 is 67.4. The zero-order chi connectivity index (χ0) is 26.1. The zero-order valence-corrected chi connectivity index (χ0v) is 21.3. The van der Waals surface area contributed by atoms with E-state index in [1.165, 1.54) is 23.1 Å². The van der Waals surface area contributed by atoms with Gasteiger partial charge in [0.15, 0.2) is 9.84 Å². The van der Waals surface area contributed by atoms with Crippen LogP contribution in [0.5, 0.6) is 0 Å². The number of nitrogens with zero attached hydrogens (tertiary/aromatic N) is 3. The lowest BCUT2D eigenvalue weighted by Gasteiger charge is -2.16. The van der Waals surface area contributed by atoms with Crippen molar-refractivity contribution in [3.63, 3.8) is 0 Å². The van der Waals surface area contributed by atoms with Gasteiger partial charge in [0.25, 0.3) is 5.91 Å². The van der Waals surface area contributed by atoms with Crippen LogP contribution in [0.2, 0.25) is 0 Å². The average molecular weight is 550 g/mol. The summed E-state index contributed by atoms with van der Waals surface area (Å²) in [6.45, 7) is 1.51. The number of benzene rings is 1. The average Bonchev–Trinajstić information content (AvgIpc) is 3.40. The van der Waals surface area contributed by atoms with Crippen molar-refractivity contribution in [3.05, 3.63) is 51.5 Å². The summed E-state index contributed by atoms with van der Waals surface area (Å²) in [6.07, 6.45) is -2.00. The Hall–Kier alpha value is -3.03. The van der Waals surface area contributed by atoms with Crippen LogP contribution in [-0.4, -0.2) is 48.5 Å². The second-order valence-corrected chi connectivity index (χ2v) is 12.6. The lowest BCUT2D eigenvalue weighted by molar-refractivity contribution is -0.137. The predicted octanol–water partition coefficient (Wildman–Crippen LogP) is 4.31. The van der Waals surface area contributed by atoms with Gasteiger partial charge in [-0.3, -0.25) is 4.79 Å². The molecule has 0 bridgehead atoms. The number of hydrogen-bond acceptors (Lipinski definition) is 8. The van der Waals surface area contributed by atoms with Gasteiger partial charge in [0.05, 0.1) is 21.2 Å². The molecule has 1 amide bonds. The SMILES string of the molecule is CN1CCS(=O)(=O)c2cc(-c3nc(Nc4ccc5c(c4C4CC4)CNC5)ncc3C(F)(F)F)sc2C1=O. The van der Waals surface area contributed by atoms with Gasteiger partial charge in [-0.2, -0.15) is 13.2 Å². The molecule has 0 unspecified atom stereocenters. The monoisotopic (exact) mass is 549 g/mol. The molecule has 1 saturated carbocycles. The Morgan fingerprint density at radius 3 is 2.73 bits per heavy atom. The highest BCUT2D eigenvalue weighted by Gasteiger charge is 2.38. The highest BCUT2D eigenvalue weighted by atomic mass is 32.2. The maximum atomic E-state index is 14.0. The molecule has 194 valence electrons. The Balaban J connectivity index is 1.46. The molecule has 0 spiro atoms. The van der Waals surface area contributed by atoms with E-state index in [-0.39, 0.29) is 32.9 Å². The number of carbonyl (C=O) groups is 1. The van der Waals surface area contributed by atoms with Crippen LogP contribution in [0, 0.1) is 0 Å². The number of rotatable bonds is 4. The van der Waals surface area contributed by atoms with Crippen LogP contribution in [-0.2, 0) is 29.1 Å². The third-order valence-electron chi connectivity index (χ3n) is 6.90. The summed E-state index contributed by atoms with van der Waals surface area (Å²) in [5.74, 6) is -0.509. The number of hydrogen-bond donors (Lipinski definition) is 2. The lowest BCUT2D eigenvalue weighted by atomic mass is 9.97. The maximum absolute atomic E-state index is 14.0.